The van der Waals surface area contributed by atoms with Gasteiger partial charge in [-0.3, -0.25) is 0 Å². The van der Waals surface area contributed by atoms with Gasteiger partial charge < -0.3 is 19.8 Å². The van der Waals surface area contributed by atoms with E-state index in [2.05, 4.69) is 10.6 Å². The first-order chi connectivity index (χ1) is 9.78. The normalized spacial score (nSPS) is 26.3. The number of aromatic nitrogens is 2. The van der Waals surface area contributed by atoms with Crippen molar-refractivity contribution in [3.8, 4) is 5.75 Å². The lowest BCUT2D eigenvalue weighted by molar-refractivity contribution is 0.190. The molecule has 2 fully saturated rings. The lowest BCUT2D eigenvalue weighted by Crippen LogP contribution is -2.28. The highest BCUT2D eigenvalue weighted by Crippen LogP contribution is 2.41. The highest BCUT2D eigenvalue weighted by Gasteiger charge is 2.35. The largest absolute Gasteiger partial charge is 0.497 e. The second-order valence-corrected chi connectivity index (χ2v) is 5.73. The molecule has 2 heterocycles. The Morgan fingerprint density at radius 3 is 2.85 bits per heavy atom. The van der Waals surface area contributed by atoms with E-state index >= 15 is 0 Å². The number of ether oxygens (including phenoxy) is 2. The van der Waals surface area contributed by atoms with Crippen LogP contribution in [0.3, 0.4) is 0 Å². The first kappa shape index (κ1) is 12.2. The summed E-state index contributed by atoms with van der Waals surface area (Å²) >= 11 is 0. The van der Waals surface area contributed by atoms with Crippen LogP contribution in [-0.2, 0) is 4.74 Å². The van der Waals surface area contributed by atoms with E-state index in [1.54, 1.807) is 7.11 Å². The van der Waals surface area contributed by atoms with E-state index in [4.69, 9.17) is 20.2 Å². The summed E-state index contributed by atoms with van der Waals surface area (Å²) in [6.07, 6.45) is 2.46. The lowest BCUT2D eigenvalue weighted by Gasteiger charge is -2.15. The van der Waals surface area contributed by atoms with Crippen molar-refractivity contribution >= 4 is 11.0 Å². The number of fused-ring (bicyclic) bond motifs is 1. The smallest absolute Gasteiger partial charge is 0.121 e. The fraction of sp³-hybridized carbons (Fsp3) is 0.533. The molecule has 0 spiro atoms. The average Bonchev–Trinajstić information content (AvgIpc) is 3.10. The van der Waals surface area contributed by atoms with Crippen LogP contribution in [0.25, 0.3) is 11.0 Å². The molecule has 0 bridgehead atoms. The maximum Gasteiger partial charge on any atom is 0.121 e. The molecule has 0 radical (unpaired) electrons. The molecule has 5 nitrogen and oxygen atoms in total. The number of methoxy groups -OCH3 is 1. The maximum absolute atomic E-state index is 6.18. The van der Waals surface area contributed by atoms with Gasteiger partial charge in [0.15, 0.2) is 0 Å². The highest BCUT2D eigenvalue weighted by atomic mass is 16.5. The van der Waals surface area contributed by atoms with Gasteiger partial charge in [-0.05, 0) is 25.0 Å². The molecular formula is C15H19N3O2. The van der Waals surface area contributed by atoms with Crippen LogP contribution in [-0.4, -0.2) is 35.9 Å². The first-order valence-corrected chi connectivity index (χ1v) is 7.17. The highest BCUT2D eigenvalue weighted by molar-refractivity contribution is 5.78. The molecule has 5 heteroatoms. The van der Waals surface area contributed by atoms with Crippen molar-refractivity contribution in [2.24, 2.45) is 5.73 Å². The van der Waals surface area contributed by atoms with Crippen LogP contribution >= 0.6 is 0 Å². The van der Waals surface area contributed by atoms with E-state index in [-0.39, 0.29) is 12.0 Å². The van der Waals surface area contributed by atoms with Crippen molar-refractivity contribution in [3.63, 3.8) is 0 Å². The van der Waals surface area contributed by atoms with Crippen molar-refractivity contribution in [3.05, 3.63) is 24.0 Å². The molecule has 1 aromatic heterocycles. The van der Waals surface area contributed by atoms with Crippen molar-refractivity contribution in [2.75, 3.05) is 20.3 Å². The van der Waals surface area contributed by atoms with Crippen LogP contribution in [0.15, 0.2) is 18.2 Å². The summed E-state index contributed by atoms with van der Waals surface area (Å²) in [7, 11) is 1.68. The molecule has 1 saturated heterocycles. The van der Waals surface area contributed by atoms with E-state index in [0.29, 0.717) is 19.3 Å². The maximum atomic E-state index is 6.18. The predicted molar refractivity (Wildman–Crippen MR) is 76.1 cm³/mol. The summed E-state index contributed by atoms with van der Waals surface area (Å²) in [4.78, 5) is 4.84. The average molecular weight is 273 g/mol. The zero-order valence-electron chi connectivity index (χ0n) is 11.6. The molecule has 2 unspecified atom stereocenters. The second-order valence-electron chi connectivity index (χ2n) is 5.73. The molecule has 20 heavy (non-hydrogen) atoms. The lowest BCUT2D eigenvalue weighted by atomic mass is 10.0. The molecule has 1 aliphatic carbocycles. The van der Waals surface area contributed by atoms with Gasteiger partial charge in [0.05, 0.1) is 37.3 Å². The Bertz CT molecular complexity index is 648. The van der Waals surface area contributed by atoms with Crippen molar-refractivity contribution in [1.82, 2.24) is 9.55 Å². The molecule has 2 N–H and O–H groups in total. The van der Waals surface area contributed by atoms with Crippen molar-refractivity contribution < 1.29 is 9.47 Å². The zero-order valence-corrected chi connectivity index (χ0v) is 11.6. The second kappa shape index (κ2) is 4.46. The van der Waals surface area contributed by atoms with Gasteiger partial charge in [-0.15, -0.1) is 0 Å². The van der Waals surface area contributed by atoms with Crippen LogP contribution in [0, 0.1) is 0 Å². The molecule has 1 saturated carbocycles. The van der Waals surface area contributed by atoms with Gasteiger partial charge in [0.25, 0.3) is 0 Å². The monoisotopic (exact) mass is 273 g/mol. The van der Waals surface area contributed by atoms with Crippen molar-refractivity contribution in [1.29, 1.82) is 0 Å². The van der Waals surface area contributed by atoms with Gasteiger partial charge in [-0.1, -0.05) is 0 Å². The quantitative estimate of drug-likeness (QED) is 0.926. The predicted octanol–water partition coefficient (Wildman–Crippen LogP) is 1.82. The fourth-order valence-corrected chi connectivity index (χ4v) is 3.04. The Morgan fingerprint density at radius 1 is 1.35 bits per heavy atom. The number of nitrogens with two attached hydrogens (primary N) is 1. The number of benzene rings is 1. The van der Waals surface area contributed by atoms with Gasteiger partial charge in [0.2, 0.25) is 0 Å². The Morgan fingerprint density at radius 2 is 2.20 bits per heavy atom. The summed E-state index contributed by atoms with van der Waals surface area (Å²) in [5.41, 5.74) is 8.35. The summed E-state index contributed by atoms with van der Waals surface area (Å²) in [5.74, 6) is 2.13. The van der Waals surface area contributed by atoms with E-state index in [1.807, 2.05) is 12.1 Å². The van der Waals surface area contributed by atoms with E-state index in [9.17, 15) is 0 Å². The third-order valence-electron chi connectivity index (χ3n) is 4.29. The molecule has 0 amide bonds. The molecular weight excluding hydrogens is 254 g/mol. The standard InChI is InChI=1S/C15H19N3O2/c1-19-10-4-5-14-13(6-10)17-15(18(14)9-2-3-9)11-7-20-8-12(11)16/h4-6,9,11-12H,2-3,7-8,16H2,1H3. The molecule has 2 atom stereocenters. The first-order valence-electron chi connectivity index (χ1n) is 7.17. The summed E-state index contributed by atoms with van der Waals surface area (Å²) in [5, 5.41) is 0. The Labute approximate surface area is 117 Å². The topological polar surface area (TPSA) is 62.3 Å². The summed E-state index contributed by atoms with van der Waals surface area (Å²) in [6.45, 7) is 1.30. The summed E-state index contributed by atoms with van der Waals surface area (Å²) in [6, 6.07) is 6.73. The molecule has 1 aliphatic heterocycles. The minimum Gasteiger partial charge on any atom is -0.497 e. The third kappa shape index (κ3) is 1.81. The number of hydrogen-bond acceptors (Lipinski definition) is 4. The van der Waals surface area contributed by atoms with Crippen LogP contribution in [0.5, 0.6) is 5.75 Å². The van der Waals surface area contributed by atoms with Gasteiger partial charge in [0.1, 0.15) is 11.6 Å². The minimum atomic E-state index is 0.0474. The molecule has 2 aromatic rings. The Hall–Kier alpha value is -1.59. The van der Waals surface area contributed by atoms with Crippen LogP contribution in [0.1, 0.15) is 30.6 Å². The van der Waals surface area contributed by atoms with Crippen LogP contribution in [0.2, 0.25) is 0 Å². The SMILES string of the molecule is COc1ccc2c(c1)nc(C1COCC1N)n2C1CC1. The van der Waals surface area contributed by atoms with E-state index in [1.165, 1.54) is 18.4 Å². The number of rotatable bonds is 3. The minimum absolute atomic E-state index is 0.0474. The Kier molecular flexibility index (Phi) is 2.72. The van der Waals surface area contributed by atoms with E-state index < -0.39 is 0 Å². The van der Waals surface area contributed by atoms with Gasteiger partial charge in [0, 0.05) is 18.2 Å². The van der Waals surface area contributed by atoms with Crippen LogP contribution < -0.4 is 10.5 Å². The molecule has 4 rings (SSSR count). The molecule has 2 aliphatic rings. The van der Waals surface area contributed by atoms with Gasteiger partial charge in [-0.2, -0.15) is 0 Å². The van der Waals surface area contributed by atoms with Crippen molar-refractivity contribution in [2.45, 2.75) is 30.8 Å². The van der Waals surface area contributed by atoms with Gasteiger partial charge in [-0.25, -0.2) is 4.98 Å². The molecule has 1 aromatic carbocycles. The Balaban J connectivity index is 1.88. The van der Waals surface area contributed by atoms with Gasteiger partial charge >= 0.3 is 0 Å². The van der Waals surface area contributed by atoms with Crippen LogP contribution in [0.4, 0.5) is 0 Å². The number of hydrogen-bond donors (Lipinski definition) is 1. The number of imidazole rings is 1. The third-order valence-corrected chi connectivity index (χ3v) is 4.29. The fourth-order valence-electron chi connectivity index (χ4n) is 3.04. The van der Waals surface area contributed by atoms with E-state index in [0.717, 1.165) is 17.1 Å². The number of nitrogens with zero attached hydrogens (tertiary/aromatic N) is 2. The summed E-state index contributed by atoms with van der Waals surface area (Å²) < 4.78 is 13.2. The zero-order chi connectivity index (χ0) is 13.7. The molecule has 106 valence electrons.